The maximum atomic E-state index is 11.1. The van der Waals surface area contributed by atoms with Gasteiger partial charge in [0.05, 0.1) is 10.7 Å². The van der Waals surface area contributed by atoms with Crippen molar-refractivity contribution in [2.75, 3.05) is 10.6 Å². The molecular weight excluding hydrogens is 216 g/mol. The second-order valence-corrected chi connectivity index (χ2v) is 3.27. The molecule has 0 aliphatic heterocycles. The summed E-state index contributed by atoms with van der Waals surface area (Å²) < 4.78 is 0. The quantitative estimate of drug-likeness (QED) is 0.774. The number of rotatable bonds is 4. The lowest BCUT2D eigenvalue weighted by Gasteiger charge is -2.07. The summed E-state index contributed by atoms with van der Waals surface area (Å²) in [6, 6.07) is 4.88. The average Bonchev–Trinajstić information content (AvgIpc) is 2.23. The Morgan fingerprint density at radius 3 is 2.87 bits per heavy atom. The predicted octanol–water partition coefficient (Wildman–Crippen LogP) is 2.26. The number of anilines is 2. The Balaban J connectivity index is 2.86. The molecule has 0 spiro atoms. The first kappa shape index (κ1) is 11.5. The minimum Gasteiger partial charge on any atom is -0.327 e. The molecule has 0 heterocycles. The minimum atomic E-state index is -0.0885. The lowest BCUT2D eigenvalue weighted by atomic mass is 10.2. The van der Waals surface area contributed by atoms with Crippen molar-refractivity contribution in [3.8, 4) is 0 Å². The molecule has 80 valence electrons. The van der Waals surface area contributed by atoms with E-state index in [1.165, 1.54) is 0 Å². The first-order valence-corrected chi connectivity index (χ1v) is 4.84. The SMILES string of the molecule is CCC(=O)Nc1ccc(Cl)c(NC=O)c1. The van der Waals surface area contributed by atoms with Crippen LogP contribution in [0.4, 0.5) is 11.4 Å². The van der Waals surface area contributed by atoms with Crippen LogP contribution in [0.3, 0.4) is 0 Å². The number of hydrogen-bond acceptors (Lipinski definition) is 2. The fourth-order valence-corrected chi connectivity index (χ4v) is 1.20. The Bertz CT molecular complexity index is 380. The van der Waals surface area contributed by atoms with E-state index in [0.717, 1.165) is 0 Å². The summed E-state index contributed by atoms with van der Waals surface area (Å²) in [5.74, 6) is -0.0885. The van der Waals surface area contributed by atoms with Gasteiger partial charge < -0.3 is 10.6 Å². The topological polar surface area (TPSA) is 58.2 Å². The van der Waals surface area contributed by atoms with E-state index in [-0.39, 0.29) is 5.91 Å². The average molecular weight is 227 g/mol. The zero-order valence-corrected chi connectivity index (χ0v) is 8.97. The van der Waals surface area contributed by atoms with E-state index in [9.17, 15) is 9.59 Å². The monoisotopic (exact) mass is 226 g/mol. The van der Waals surface area contributed by atoms with Crippen molar-refractivity contribution in [2.24, 2.45) is 0 Å². The highest BCUT2D eigenvalue weighted by atomic mass is 35.5. The van der Waals surface area contributed by atoms with Crippen LogP contribution in [0, 0.1) is 0 Å². The third-order valence-corrected chi connectivity index (χ3v) is 2.12. The van der Waals surface area contributed by atoms with E-state index in [0.29, 0.717) is 29.2 Å². The van der Waals surface area contributed by atoms with Crippen LogP contribution in [0.1, 0.15) is 13.3 Å². The number of carbonyl (C=O) groups is 2. The van der Waals surface area contributed by atoms with E-state index < -0.39 is 0 Å². The molecular formula is C10H11ClN2O2. The molecule has 0 aliphatic carbocycles. The fourth-order valence-electron chi connectivity index (χ4n) is 1.03. The van der Waals surface area contributed by atoms with E-state index in [4.69, 9.17) is 11.6 Å². The summed E-state index contributed by atoms with van der Waals surface area (Å²) in [5, 5.41) is 5.54. The van der Waals surface area contributed by atoms with Crippen molar-refractivity contribution < 1.29 is 9.59 Å². The van der Waals surface area contributed by atoms with Crippen LogP contribution in [-0.4, -0.2) is 12.3 Å². The molecule has 0 saturated heterocycles. The van der Waals surface area contributed by atoms with Crippen LogP contribution in [0.15, 0.2) is 18.2 Å². The molecule has 1 rings (SSSR count). The van der Waals surface area contributed by atoms with Gasteiger partial charge in [-0.2, -0.15) is 0 Å². The Morgan fingerprint density at radius 1 is 1.53 bits per heavy atom. The van der Waals surface area contributed by atoms with E-state index in [2.05, 4.69) is 10.6 Å². The molecule has 0 radical (unpaired) electrons. The van der Waals surface area contributed by atoms with Gasteiger partial charge in [0, 0.05) is 12.1 Å². The van der Waals surface area contributed by atoms with Gasteiger partial charge in [0.2, 0.25) is 12.3 Å². The summed E-state index contributed by atoms with van der Waals surface area (Å²) in [6.07, 6.45) is 0.936. The highest BCUT2D eigenvalue weighted by molar-refractivity contribution is 6.33. The molecule has 0 saturated carbocycles. The standard InChI is InChI=1S/C10H11ClN2O2/c1-2-10(15)13-7-3-4-8(11)9(5-7)12-6-14/h3-6H,2H2,1H3,(H,12,14)(H,13,15). The van der Waals surface area contributed by atoms with Crippen molar-refractivity contribution in [1.29, 1.82) is 0 Å². The van der Waals surface area contributed by atoms with E-state index >= 15 is 0 Å². The lowest BCUT2D eigenvalue weighted by molar-refractivity contribution is -0.115. The molecule has 4 nitrogen and oxygen atoms in total. The van der Waals surface area contributed by atoms with Crippen molar-refractivity contribution in [2.45, 2.75) is 13.3 Å². The number of carbonyl (C=O) groups excluding carboxylic acids is 2. The lowest BCUT2D eigenvalue weighted by Crippen LogP contribution is -2.09. The van der Waals surface area contributed by atoms with Gasteiger partial charge in [0.1, 0.15) is 0 Å². The fraction of sp³-hybridized carbons (Fsp3) is 0.200. The van der Waals surface area contributed by atoms with Crippen molar-refractivity contribution >= 4 is 35.3 Å². The molecule has 0 unspecified atom stereocenters. The largest absolute Gasteiger partial charge is 0.327 e. The van der Waals surface area contributed by atoms with E-state index in [1.807, 2.05) is 0 Å². The van der Waals surface area contributed by atoms with Crippen LogP contribution in [-0.2, 0) is 9.59 Å². The van der Waals surface area contributed by atoms with Crippen molar-refractivity contribution in [3.63, 3.8) is 0 Å². The number of benzene rings is 1. The van der Waals surface area contributed by atoms with Crippen molar-refractivity contribution in [3.05, 3.63) is 23.2 Å². The summed E-state index contributed by atoms with van der Waals surface area (Å²) in [5.41, 5.74) is 1.08. The minimum absolute atomic E-state index is 0.0885. The molecule has 0 fully saturated rings. The maximum absolute atomic E-state index is 11.1. The Labute approximate surface area is 92.6 Å². The second kappa shape index (κ2) is 5.36. The highest BCUT2D eigenvalue weighted by Crippen LogP contribution is 2.24. The normalized spacial score (nSPS) is 9.47. The Hall–Kier alpha value is -1.55. The summed E-state index contributed by atoms with van der Waals surface area (Å²) in [7, 11) is 0. The Morgan fingerprint density at radius 2 is 2.27 bits per heavy atom. The molecule has 5 heteroatoms. The van der Waals surface area contributed by atoms with Gasteiger partial charge in [-0.15, -0.1) is 0 Å². The second-order valence-electron chi connectivity index (χ2n) is 2.86. The third-order valence-electron chi connectivity index (χ3n) is 1.79. The molecule has 15 heavy (non-hydrogen) atoms. The molecule has 0 aromatic heterocycles. The molecule has 2 amide bonds. The maximum Gasteiger partial charge on any atom is 0.224 e. The number of nitrogens with one attached hydrogen (secondary N) is 2. The smallest absolute Gasteiger partial charge is 0.224 e. The summed E-state index contributed by atoms with van der Waals surface area (Å²) in [6.45, 7) is 1.76. The first-order chi connectivity index (χ1) is 7.17. The predicted molar refractivity (Wildman–Crippen MR) is 60.1 cm³/mol. The van der Waals surface area contributed by atoms with Gasteiger partial charge in [0.25, 0.3) is 0 Å². The van der Waals surface area contributed by atoms with Gasteiger partial charge in [-0.3, -0.25) is 9.59 Å². The van der Waals surface area contributed by atoms with Crippen LogP contribution < -0.4 is 10.6 Å². The van der Waals surface area contributed by atoms with Crippen LogP contribution >= 0.6 is 11.6 Å². The van der Waals surface area contributed by atoms with Crippen molar-refractivity contribution in [1.82, 2.24) is 0 Å². The van der Waals surface area contributed by atoms with E-state index in [1.54, 1.807) is 25.1 Å². The molecule has 0 bridgehead atoms. The van der Waals surface area contributed by atoms with Crippen LogP contribution in [0.5, 0.6) is 0 Å². The van der Waals surface area contributed by atoms with Crippen LogP contribution in [0.25, 0.3) is 0 Å². The van der Waals surface area contributed by atoms with Gasteiger partial charge in [-0.05, 0) is 18.2 Å². The van der Waals surface area contributed by atoms with Crippen LogP contribution in [0.2, 0.25) is 5.02 Å². The number of amides is 2. The molecule has 2 N–H and O–H groups in total. The highest BCUT2D eigenvalue weighted by Gasteiger charge is 2.03. The molecule has 1 aromatic carbocycles. The molecule has 0 aliphatic rings. The van der Waals surface area contributed by atoms with Gasteiger partial charge in [0.15, 0.2) is 0 Å². The van der Waals surface area contributed by atoms with Gasteiger partial charge >= 0.3 is 0 Å². The van der Waals surface area contributed by atoms with Gasteiger partial charge in [-0.1, -0.05) is 18.5 Å². The Kier molecular flexibility index (Phi) is 4.12. The van der Waals surface area contributed by atoms with Gasteiger partial charge in [-0.25, -0.2) is 0 Å². The third kappa shape index (κ3) is 3.25. The number of hydrogen-bond donors (Lipinski definition) is 2. The molecule has 0 atom stereocenters. The zero-order valence-electron chi connectivity index (χ0n) is 8.21. The summed E-state index contributed by atoms with van der Waals surface area (Å²) in [4.78, 5) is 21.4. The zero-order chi connectivity index (χ0) is 11.3. The number of halogens is 1. The molecule has 1 aromatic rings. The summed E-state index contributed by atoms with van der Waals surface area (Å²) >= 11 is 5.81. The first-order valence-electron chi connectivity index (χ1n) is 4.47.